The lowest BCUT2D eigenvalue weighted by molar-refractivity contribution is -0.189. The van der Waals surface area contributed by atoms with Crippen molar-refractivity contribution in [3.05, 3.63) is 29.8 Å². The molecule has 1 aromatic rings. The number of rotatable bonds is 6. The zero-order valence-electron chi connectivity index (χ0n) is 12.4. The first kappa shape index (κ1) is 15.7. The summed E-state index contributed by atoms with van der Waals surface area (Å²) in [4.78, 5) is 24.7. The van der Waals surface area contributed by atoms with Gasteiger partial charge in [0.2, 0.25) is 5.72 Å². The van der Waals surface area contributed by atoms with Crippen LogP contribution in [0.25, 0.3) is 0 Å². The summed E-state index contributed by atoms with van der Waals surface area (Å²) >= 11 is 0. The van der Waals surface area contributed by atoms with Crippen LogP contribution in [0.1, 0.15) is 38.2 Å². The summed E-state index contributed by atoms with van der Waals surface area (Å²) in [6, 6.07) is 7.23. The topological polar surface area (TPSA) is 66.8 Å². The Hall–Kier alpha value is -1.72. The molecule has 1 fully saturated rings. The summed E-state index contributed by atoms with van der Waals surface area (Å²) < 4.78 is 5.39. The van der Waals surface area contributed by atoms with Gasteiger partial charge < -0.3 is 14.6 Å². The van der Waals surface area contributed by atoms with Crippen molar-refractivity contribution < 1.29 is 19.4 Å². The Morgan fingerprint density at radius 2 is 2.10 bits per heavy atom. The van der Waals surface area contributed by atoms with E-state index >= 15 is 0 Å². The summed E-state index contributed by atoms with van der Waals surface area (Å²) in [6.07, 6.45) is 1.17. The molecule has 1 saturated heterocycles. The van der Waals surface area contributed by atoms with Crippen LogP contribution >= 0.6 is 0 Å². The maximum absolute atomic E-state index is 12.4. The maximum Gasteiger partial charge on any atom is 0.359 e. The van der Waals surface area contributed by atoms with E-state index < -0.39 is 11.7 Å². The second-order valence-corrected chi connectivity index (χ2v) is 5.61. The minimum atomic E-state index is -1.86. The zero-order valence-corrected chi connectivity index (χ0v) is 12.4. The van der Waals surface area contributed by atoms with Crippen molar-refractivity contribution in [1.29, 1.82) is 0 Å². The Labute approximate surface area is 124 Å². The Bertz CT molecular complexity index is 525. The van der Waals surface area contributed by atoms with Gasteiger partial charge in [0, 0.05) is 13.1 Å². The fourth-order valence-corrected chi connectivity index (χ4v) is 2.38. The third kappa shape index (κ3) is 3.14. The molecule has 5 heteroatoms. The number of nitrogens with zero attached hydrogens (tertiary/aromatic N) is 1. The predicted octanol–water partition coefficient (Wildman–Crippen LogP) is 1.70. The number of esters is 1. The Balaban J connectivity index is 2.21. The molecule has 2 rings (SSSR count). The molecule has 1 heterocycles. The van der Waals surface area contributed by atoms with Crippen LogP contribution in [-0.2, 0) is 9.59 Å². The average molecular weight is 291 g/mol. The van der Waals surface area contributed by atoms with Crippen molar-refractivity contribution >= 4 is 12.3 Å². The fraction of sp³-hybridized carbons (Fsp3) is 0.500. The Morgan fingerprint density at radius 3 is 2.62 bits per heavy atom. The van der Waals surface area contributed by atoms with Gasteiger partial charge in [-0.25, -0.2) is 4.79 Å². The van der Waals surface area contributed by atoms with E-state index in [2.05, 4.69) is 0 Å². The van der Waals surface area contributed by atoms with Gasteiger partial charge in [-0.15, -0.1) is 0 Å². The van der Waals surface area contributed by atoms with E-state index in [1.807, 2.05) is 26.0 Å². The molecule has 1 atom stereocenters. The molecule has 0 spiro atoms. The number of ether oxygens (including phenoxy) is 1. The highest BCUT2D eigenvalue weighted by Crippen LogP contribution is 2.29. The third-order valence-electron chi connectivity index (χ3n) is 3.82. The molecule has 0 bridgehead atoms. The molecule has 1 aliphatic rings. The highest BCUT2D eigenvalue weighted by molar-refractivity contribution is 5.84. The number of benzene rings is 1. The Kier molecular flexibility index (Phi) is 4.75. The summed E-state index contributed by atoms with van der Waals surface area (Å²) in [6.45, 7) is 5.18. The summed E-state index contributed by atoms with van der Waals surface area (Å²) in [5.74, 6) is -0.165. The molecule has 0 radical (unpaired) electrons. The number of para-hydroxylation sites is 1. The van der Waals surface area contributed by atoms with Gasteiger partial charge in [0.25, 0.3) is 0 Å². The molecule has 0 aliphatic carbocycles. The highest BCUT2D eigenvalue weighted by atomic mass is 16.6. The summed E-state index contributed by atoms with van der Waals surface area (Å²) in [5.41, 5.74) is -0.965. The molecule has 1 N–H and O–H groups in total. The molecule has 0 amide bonds. The number of aldehydes is 1. The predicted molar refractivity (Wildman–Crippen MR) is 78.0 cm³/mol. The number of carbonyl (C=O) groups excluding carboxylic acids is 2. The number of carbonyl (C=O) groups is 2. The van der Waals surface area contributed by atoms with Gasteiger partial charge in [-0.3, -0.25) is 4.90 Å². The summed E-state index contributed by atoms with van der Waals surface area (Å²) in [7, 11) is 0. The number of likely N-dealkylation sites (tertiary alicyclic amines) is 1. The lowest BCUT2D eigenvalue weighted by Gasteiger charge is -2.42. The van der Waals surface area contributed by atoms with Gasteiger partial charge in [0.15, 0.2) is 0 Å². The summed E-state index contributed by atoms with van der Waals surface area (Å²) in [5, 5.41) is 10.5. The van der Waals surface area contributed by atoms with Gasteiger partial charge in [-0.2, -0.15) is 0 Å². The molecular weight excluding hydrogens is 270 g/mol. The molecular formula is C16H21NO4. The minimum Gasteiger partial charge on any atom is -0.423 e. The number of aliphatic hydroxyl groups is 1. The van der Waals surface area contributed by atoms with Crippen LogP contribution in [0, 0.1) is 0 Å². The number of hydrogen-bond acceptors (Lipinski definition) is 5. The van der Waals surface area contributed by atoms with Gasteiger partial charge in [0.1, 0.15) is 12.0 Å². The van der Waals surface area contributed by atoms with E-state index in [0.29, 0.717) is 25.1 Å². The molecule has 114 valence electrons. The smallest absolute Gasteiger partial charge is 0.359 e. The second kappa shape index (κ2) is 6.37. The van der Waals surface area contributed by atoms with Gasteiger partial charge in [-0.05, 0) is 24.0 Å². The molecule has 1 unspecified atom stereocenters. The van der Waals surface area contributed by atoms with Crippen LogP contribution in [-0.4, -0.2) is 41.1 Å². The lowest BCUT2D eigenvalue weighted by atomic mass is 10.0. The van der Waals surface area contributed by atoms with Crippen LogP contribution in [0.4, 0.5) is 0 Å². The first-order chi connectivity index (χ1) is 9.99. The van der Waals surface area contributed by atoms with E-state index in [1.165, 1.54) is 0 Å². The minimum absolute atomic E-state index is 0.192. The van der Waals surface area contributed by atoms with Crippen molar-refractivity contribution in [2.24, 2.45) is 0 Å². The SMILES string of the molecule is CC(C)c1ccccc1OC(=O)C(O)(CC=O)N1CCC1. The van der Waals surface area contributed by atoms with Gasteiger partial charge in [-0.1, -0.05) is 32.0 Å². The van der Waals surface area contributed by atoms with Crippen molar-refractivity contribution in [3.8, 4) is 5.75 Å². The van der Waals surface area contributed by atoms with Crippen LogP contribution in [0.3, 0.4) is 0 Å². The monoisotopic (exact) mass is 291 g/mol. The van der Waals surface area contributed by atoms with E-state index in [1.54, 1.807) is 17.0 Å². The van der Waals surface area contributed by atoms with Crippen LogP contribution in [0.15, 0.2) is 24.3 Å². The Morgan fingerprint density at radius 1 is 1.43 bits per heavy atom. The third-order valence-corrected chi connectivity index (χ3v) is 3.82. The lowest BCUT2D eigenvalue weighted by Crippen LogP contribution is -2.61. The normalized spacial score (nSPS) is 17.9. The fourth-order valence-electron chi connectivity index (χ4n) is 2.38. The maximum atomic E-state index is 12.4. The van der Waals surface area contributed by atoms with Crippen molar-refractivity contribution in [3.63, 3.8) is 0 Å². The standard InChI is InChI=1S/C16H21NO4/c1-12(2)13-6-3-4-7-14(13)21-15(19)16(20,8-11-18)17-9-5-10-17/h3-4,6-7,11-12,20H,5,8-10H2,1-2H3. The van der Waals surface area contributed by atoms with Gasteiger partial charge in [0.05, 0.1) is 6.42 Å². The first-order valence-electron chi connectivity index (χ1n) is 7.21. The van der Waals surface area contributed by atoms with E-state index in [-0.39, 0.29) is 12.3 Å². The highest BCUT2D eigenvalue weighted by Gasteiger charge is 2.46. The molecule has 21 heavy (non-hydrogen) atoms. The molecule has 0 saturated carbocycles. The van der Waals surface area contributed by atoms with Crippen LogP contribution < -0.4 is 4.74 Å². The van der Waals surface area contributed by atoms with Crippen molar-refractivity contribution in [2.75, 3.05) is 13.1 Å². The van der Waals surface area contributed by atoms with Crippen LogP contribution in [0.2, 0.25) is 0 Å². The van der Waals surface area contributed by atoms with E-state index in [9.17, 15) is 14.7 Å². The zero-order chi connectivity index (χ0) is 15.5. The molecule has 1 aliphatic heterocycles. The van der Waals surface area contributed by atoms with Gasteiger partial charge >= 0.3 is 5.97 Å². The van der Waals surface area contributed by atoms with E-state index in [4.69, 9.17) is 4.74 Å². The second-order valence-electron chi connectivity index (χ2n) is 5.61. The molecule has 0 aromatic heterocycles. The quantitative estimate of drug-likeness (QED) is 0.491. The average Bonchev–Trinajstić information content (AvgIpc) is 2.37. The number of hydrogen-bond donors (Lipinski definition) is 1. The van der Waals surface area contributed by atoms with Crippen LogP contribution in [0.5, 0.6) is 5.75 Å². The molecule has 1 aromatic carbocycles. The van der Waals surface area contributed by atoms with E-state index in [0.717, 1.165) is 12.0 Å². The largest absolute Gasteiger partial charge is 0.423 e. The van der Waals surface area contributed by atoms with Crippen molar-refractivity contribution in [2.45, 2.75) is 38.3 Å². The molecule has 5 nitrogen and oxygen atoms in total. The van der Waals surface area contributed by atoms with Crippen molar-refractivity contribution in [1.82, 2.24) is 4.90 Å². The first-order valence-corrected chi connectivity index (χ1v) is 7.21.